The van der Waals surface area contributed by atoms with Crippen LogP contribution in [-0.4, -0.2) is 6.04 Å². The maximum Gasteiger partial charge on any atom is 0.167 e. The summed E-state index contributed by atoms with van der Waals surface area (Å²) in [5.41, 5.74) is 0.748. The number of nitrogens with one attached hydrogen (secondary N) is 1. The average Bonchev–Trinajstić information content (AvgIpc) is 3.26. The number of hydrogen-bond donors (Lipinski definition) is 1. The molecule has 1 fully saturated rings. The summed E-state index contributed by atoms with van der Waals surface area (Å²) in [7, 11) is 0. The van der Waals surface area contributed by atoms with Crippen LogP contribution < -0.4 is 10.1 Å². The number of halogens is 3. The number of rotatable bonds is 5. The molecule has 2 aromatic rings. The summed E-state index contributed by atoms with van der Waals surface area (Å²) in [4.78, 5) is 0. The summed E-state index contributed by atoms with van der Waals surface area (Å²) in [5.74, 6) is -0.244. The third-order valence-electron chi connectivity index (χ3n) is 3.31. The Morgan fingerprint density at radius 1 is 1.19 bits per heavy atom. The summed E-state index contributed by atoms with van der Waals surface area (Å²) in [6, 6.07) is 9.41. The largest absolute Gasteiger partial charge is 0.453 e. The van der Waals surface area contributed by atoms with Crippen LogP contribution in [0, 0.1) is 11.6 Å². The zero-order valence-corrected chi connectivity index (χ0v) is 12.8. The van der Waals surface area contributed by atoms with Crippen molar-refractivity contribution in [1.29, 1.82) is 0 Å². The average molecular weight is 354 g/mol. The van der Waals surface area contributed by atoms with Gasteiger partial charge in [-0.25, -0.2) is 8.78 Å². The molecule has 2 nitrogen and oxygen atoms in total. The molecule has 0 saturated heterocycles. The Kier molecular flexibility index (Phi) is 4.22. The van der Waals surface area contributed by atoms with E-state index in [-0.39, 0.29) is 11.6 Å². The molecule has 110 valence electrons. The monoisotopic (exact) mass is 353 g/mol. The molecule has 0 aromatic heterocycles. The molecule has 0 heterocycles. The molecule has 21 heavy (non-hydrogen) atoms. The van der Waals surface area contributed by atoms with Crippen LogP contribution in [0.1, 0.15) is 18.4 Å². The fourth-order valence-corrected chi connectivity index (χ4v) is 2.45. The van der Waals surface area contributed by atoms with E-state index in [1.807, 2.05) is 6.07 Å². The van der Waals surface area contributed by atoms with E-state index in [1.54, 1.807) is 6.07 Å². The van der Waals surface area contributed by atoms with Crippen molar-refractivity contribution >= 4 is 15.9 Å². The molecule has 0 aliphatic heterocycles. The van der Waals surface area contributed by atoms with Gasteiger partial charge in [0.25, 0.3) is 0 Å². The van der Waals surface area contributed by atoms with Gasteiger partial charge >= 0.3 is 0 Å². The van der Waals surface area contributed by atoms with Crippen LogP contribution in [0.15, 0.2) is 40.9 Å². The van der Waals surface area contributed by atoms with Crippen molar-refractivity contribution in [1.82, 2.24) is 5.32 Å². The van der Waals surface area contributed by atoms with Gasteiger partial charge in [0.2, 0.25) is 0 Å². The first-order chi connectivity index (χ1) is 10.1. The molecule has 0 spiro atoms. The van der Waals surface area contributed by atoms with Gasteiger partial charge in [-0.15, -0.1) is 0 Å². The highest BCUT2D eigenvalue weighted by Gasteiger charge is 2.21. The van der Waals surface area contributed by atoms with Gasteiger partial charge in [-0.2, -0.15) is 0 Å². The summed E-state index contributed by atoms with van der Waals surface area (Å²) < 4.78 is 33.2. The molecule has 0 atom stereocenters. The first-order valence-corrected chi connectivity index (χ1v) is 7.56. The second-order valence-electron chi connectivity index (χ2n) is 5.06. The van der Waals surface area contributed by atoms with Gasteiger partial charge in [0.15, 0.2) is 11.6 Å². The highest BCUT2D eigenvalue weighted by Crippen LogP contribution is 2.34. The highest BCUT2D eigenvalue weighted by atomic mass is 79.9. The third-order valence-corrected chi connectivity index (χ3v) is 3.93. The zero-order valence-electron chi connectivity index (χ0n) is 11.2. The number of para-hydroxylation sites is 1. The molecule has 0 radical (unpaired) electrons. The standard InChI is InChI=1S/C16H14BrF2NO/c17-13-8-11(18)4-7-15(13)21-16-10(2-1-3-14(16)19)9-20-12-5-6-12/h1-4,7-8,12,20H,5-6,9H2. The Balaban J connectivity index is 1.85. The van der Waals surface area contributed by atoms with Crippen LogP contribution in [-0.2, 0) is 6.54 Å². The van der Waals surface area contributed by atoms with Crippen molar-refractivity contribution in [3.8, 4) is 11.5 Å². The summed E-state index contributed by atoms with van der Waals surface area (Å²) in [6.45, 7) is 0.552. The Labute approximate surface area is 130 Å². The van der Waals surface area contributed by atoms with E-state index in [0.29, 0.717) is 22.8 Å². The van der Waals surface area contributed by atoms with Crippen LogP contribution in [0.3, 0.4) is 0 Å². The minimum absolute atomic E-state index is 0.179. The number of ether oxygens (including phenoxy) is 1. The Bertz CT molecular complexity index is 659. The van der Waals surface area contributed by atoms with Crippen molar-refractivity contribution in [3.63, 3.8) is 0 Å². The Hall–Kier alpha value is -1.46. The SMILES string of the molecule is Fc1ccc(Oc2c(F)cccc2CNC2CC2)c(Br)c1. The Morgan fingerprint density at radius 3 is 2.71 bits per heavy atom. The normalized spacial score (nSPS) is 14.2. The predicted octanol–water partition coefficient (Wildman–Crippen LogP) is 4.77. The lowest BCUT2D eigenvalue weighted by Gasteiger charge is -2.13. The lowest BCUT2D eigenvalue weighted by Crippen LogP contribution is -2.16. The van der Waals surface area contributed by atoms with Gasteiger partial charge in [-0.1, -0.05) is 12.1 Å². The van der Waals surface area contributed by atoms with Crippen molar-refractivity contribution in [2.24, 2.45) is 0 Å². The molecule has 2 aromatic carbocycles. The molecule has 0 bridgehead atoms. The fourth-order valence-electron chi connectivity index (χ4n) is 2.02. The van der Waals surface area contributed by atoms with Gasteiger partial charge in [0, 0.05) is 18.2 Å². The summed E-state index contributed by atoms with van der Waals surface area (Å²) in [6.07, 6.45) is 2.32. The molecule has 3 rings (SSSR count). The van der Waals surface area contributed by atoms with E-state index in [9.17, 15) is 8.78 Å². The number of benzene rings is 2. The van der Waals surface area contributed by atoms with Crippen LogP contribution in [0.2, 0.25) is 0 Å². The smallest absolute Gasteiger partial charge is 0.167 e. The Morgan fingerprint density at radius 2 is 2.00 bits per heavy atom. The first kappa shape index (κ1) is 14.5. The predicted molar refractivity (Wildman–Crippen MR) is 80.4 cm³/mol. The molecule has 1 saturated carbocycles. The molecule has 0 unspecified atom stereocenters. The van der Waals surface area contributed by atoms with E-state index in [2.05, 4.69) is 21.2 Å². The van der Waals surface area contributed by atoms with Gasteiger partial charge < -0.3 is 10.1 Å². The molecule has 5 heteroatoms. The van der Waals surface area contributed by atoms with Crippen LogP contribution in [0.25, 0.3) is 0 Å². The lowest BCUT2D eigenvalue weighted by atomic mass is 10.2. The van der Waals surface area contributed by atoms with Gasteiger partial charge in [0.1, 0.15) is 11.6 Å². The number of hydrogen-bond acceptors (Lipinski definition) is 2. The van der Waals surface area contributed by atoms with Gasteiger partial charge in [-0.05, 0) is 53.0 Å². The van der Waals surface area contributed by atoms with Crippen molar-refractivity contribution < 1.29 is 13.5 Å². The summed E-state index contributed by atoms with van der Waals surface area (Å²) >= 11 is 3.22. The maximum absolute atomic E-state index is 14.0. The maximum atomic E-state index is 14.0. The quantitative estimate of drug-likeness (QED) is 0.835. The van der Waals surface area contributed by atoms with Crippen molar-refractivity contribution in [3.05, 3.63) is 58.1 Å². The second-order valence-corrected chi connectivity index (χ2v) is 5.91. The van der Waals surface area contributed by atoms with Gasteiger partial charge in [0.05, 0.1) is 4.47 Å². The topological polar surface area (TPSA) is 21.3 Å². The minimum atomic E-state index is -0.429. The van der Waals surface area contributed by atoms with Crippen LogP contribution in [0.5, 0.6) is 11.5 Å². The molecular formula is C16H14BrF2NO. The van der Waals surface area contributed by atoms with E-state index < -0.39 is 5.82 Å². The third kappa shape index (κ3) is 3.60. The highest BCUT2D eigenvalue weighted by molar-refractivity contribution is 9.10. The molecule has 1 N–H and O–H groups in total. The van der Waals surface area contributed by atoms with Crippen molar-refractivity contribution in [2.45, 2.75) is 25.4 Å². The molecule has 0 amide bonds. The molecule has 1 aliphatic carbocycles. The second kappa shape index (κ2) is 6.12. The van der Waals surface area contributed by atoms with Crippen LogP contribution in [0.4, 0.5) is 8.78 Å². The van der Waals surface area contributed by atoms with E-state index in [4.69, 9.17) is 4.74 Å². The fraction of sp³-hybridized carbons (Fsp3) is 0.250. The molecular weight excluding hydrogens is 340 g/mol. The van der Waals surface area contributed by atoms with Crippen molar-refractivity contribution in [2.75, 3.05) is 0 Å². The first-order valence-electron chi connectivity index (χ1n) is 6.77. The zero-order chi connectivity index (χ0) is 14.8. The molecule has 1 aliphatic rings. The van der Waals surface area contributed by atoms with E-state index in [0.717, 1.165) is 18.4 Å². The minimum Gasteiger partial charge on any atom is -0.453 e. The van der Waals surface area contributed by atoms with E-state index >= 15 is 0 Å². The van der Waals surface area contributed by atoms with Crippen LogP contribution >= 0.6 is 15.9 Å². The van der Waals surface area contributed by atoms with Gasteiger partial charge in [-0.3, -0.25) is 0 Å². The van der Waals surface area contributed by atoms with E-state index in [1.165, 1.54) is 24.3 Å². The lowest BCUT2D eigenvalue weighted by molar-refractivity contribution is 0.430. The summed E-state index contributed by atoms with van der Waals surface area (Å²) in [5, 5.41) is 3.33.